The molecule has 0 aliphatic carbocycles. The summed E-state index contributed by atoms with van der Waals surface area (Å²) in [7, 11) is 0. The van der Waals surface area contributed by atoms with E-state index in [4.69, 9.17) is 4.74 Å². The Morgan fingerprint density at radius 3 is 2.08 bits per heavy atom. The van der Waals surface area contributed by atoms with Crippen LogP contribution < -0.4 is 4.74 Å². The lowest BCUT2D eigenvalue weighted by Gasteiger charge is -2.07. The van der Waals surface area contributed by atoms with Gasteiger partial charge in [0.05, 0.1) is 5.56 Å². The molecule has 0 aliphatic heterocycles. The van der Waals surface area contributed by atoms with Gasteiger partial charge in [-0.3, -0.25) is 0 Å². The number of carbonyl (C=O) groups excluding carboxylic acids is 1. The van der Waals surface area contributed by atoms with Crippen LogP contribution in [0.25, 0.3) is 0 Å². The van der Waals surface area contributed by atoms with Crippen molar-refractivity contribution >= 4 is 17.7 Å². The van der Waals surface area contributed by atoms with Crippen LogP contribution in [0.2, 0.25) is 0 Å². The Morgan fingerprint density at radius 2 is 1.40 bits per heavy atom. The molecule has 0 heterocycles. The van der Waals surface area contributed by atoms with Crippen LogP contribution in [0.15, 0.2) is 78.9 Å². The predicted octanol–water partition coefficient (Wildman–Crippen LogP) is 5.65. The molecule has 3 aromatic carbocycles. The molecule has 0 N–H and O–H groups in total. The normalized spacial score (nSPS) is 10.4. The van der Waals surface area contributed by atoms with E-state index >= 15 is 0 Å². The minimum atomic E-state index is -0.315. The first kappa shape index (κ1) is 17.3. The van der Waals surface area contributed by atoms with Gasteiger partial charge in [-0.15, -0.1) is 0 Å². The highest BCUT2D eigenvalue weighted by Gasteiger charge is 2.10. The van der Waals surface area contributed by atoms with Crippen molar-refractivity contribution in [2.24, 2.45) is 0 Å². The Kier molecular flexibility index (Phi) is 5.91. The van der Waals surface area contributed by atoms with Crippen molar-refractivity contribution in [1.29, 1.82) is 0 Å². The molecule has 126 valence electrons. The Labute approximate surface area is 152 Å². The van der Waals surface area contributed by atoms with E-state index in [9.17, 15) is 4.79 Å². The second kappa shape index (κ2) is 8.54. The van der Waals surface area contributed by atoms with E-state index in [1.54, 1.807) is 6.07 Å². The summed E-state index contributed by atoms with van der Waals surface area (Å²) < 4.78 is 5.46. The molecule has 0 fully saturated rings. The highest BCUT2D eigenvalue weighted by atomic mass is 32.2. The quantitative estimate of drug-likeness (QED) is 0.425. The number of thioether (sulfide) groups is 1. The van der Waals surface area contributed by atoms with Gasteiger partial charge >= 0.3 is 5.97 Å². The van der Waals surface area contributed by atoms with Gasteiger partial charge in [-0.2, -0.15) is 11.8 Å². The number of hydrogen-bond donors (Lipinski definition) is 0. The Morgan fingerprint density at radius 1 is 0.800 bits per heavy atom. The summed E-state index contributed by atoms with van der Waals surface area (Å²) >= 11 is 1.87. The zero-order chi connectivity index (χ0) is 17.5. The van der Waals surface area contributed by atoms with E-state index in [0.717, 1.165) is 17.1 Å². The smallest absolute Gasteiger partial charge is 0.343 e. The first-order chi connectivity index (χ1) is 12.2. The highest BCUT2D eigenvalue weighted by molar-refractivity contribution is 7.97. The molecular weight excluding hydrogens is 328 g/mol. The van der Waals surface area contributed by atoms with Gasteiger partial charge in [0, 0.05) is 11.5 Å². The number of aryl methyl sites for hydroxylation is 1. The summed E-state index contributed by atoms with van der Waals surface area (Å²) in [5.74, 6) is 2.18. The number of benzene rings is 3. The van der Waals surface area contributed by atoms with Crippen molar-refractivity contribution in [2.75, 3.05) is 0 Å². The van der Waals surface area contributed by atoms with Gasteiger partial charge in [0.1, 0.15) is 5.75 Å². The number of rotatable bonds is 6. The van der Waals surface area contributed by atoms with Crippen molar-refractivity contribution in [3.05, 3.63) is 101 Å². The second-order valence-electron chi connectivity index (χ2n) is 5.83. The van der Waals surface area contributed by atoms with E-state index in [-0.39, 0.29) is 5.97 Å². The summed E-state index contributed by atoms with van der Waals surface area (Å²) in [5, 5.41) is 0. The third-order valence-electron chi connectivity index (χ3n) is 3.88. The molecule has 0 saturated heterocycles. The van der Waals surface area contributed by atoms with Crippen LogP contribution in [0, 0.1) is 6.92 Å². The Hall–Kier alpha value is -2.52. The zero-order valence-electron chi connectivity index (χ0n) is 14.1. The standard InChI is InChI=1S/C22H20O2S/c1-17-7-5-6-10-21(17)22(23)24-20-13-11-19(12-14-20)16-25-15-18-8-3-2-4-9-18/h2-14H,15-16H2,1H3. The minimum Gasteiger partial charge on any atom is -0.423 e. The summed E-state index contributed by atoms with van der Waals surface area (Å²) in [6.45, 7) is 1.91. The van der Waals surface area contributed by atoms with Gasteiger partial charge in [-0.05, 0) is 41.8 Å². The van der Waals surface area contributed by atoms with Crippen molar-refractivity contribution in [1.82, 2.24) is 0 Å². The first-order valence-corrected chi connectivity index (χ1v) is 9.36. The summed E-state index contributed by atoms with van der Waals surface area (Å²) in [4.78, 5) is 12.2. The van der Waals surface area contributed by atoms with Gasteiger partial charge < -0.3 is 4.74 Å². The lowest BCUT2D eigenvalue weighted by atomic mass is 10.1. The highest BCUT2D eigenvalue weighted by Crippen LogP contribution is 2.21. The van der Waals surface area contributed by atoms with Crippen LogP contribution in [0.4, 0.5) is 0 Å². The van der Waals surface area contributed by atoms with E-state index in [1.807, 2.05) is 67.2 Å². The van der Waals surface area contributed by atoms with Gasteiger partial charge in [-0.1, -0.05) is 60.7 Å². The maximum Gasteiger partial charge on any atom is 0.343 e. The van der Waals surface area contributed by atoms with E-state index < -0.39 is 0 Å². The third kappa shape index (κ3) is 4.97. The average Bonchev–Trinajstić information content (AvgIpc) is 2.64. The number of ether oxygens (including phenoxy) is 1. The SMILES string of the molecule is Cc1ccccc1C(=O)Oc1ccc(CSCc2ccccc2)cc1. The fourth-order valence-corrected chi connectivity index (χ4v) is 3.44. The number of hydrogen-bond acceptors (Lipinski definition) is 3. The van der Waals surface area contributed by atoms with Crippen LogP contribution >= 0.6 is 11.8 Å². The molecule has 0 atom stereocenters. The van der Waals surface area contributed by atoms with Crippen molar-refractivity contribution in [3.8, 4) is 5.75 Å². The van der Waals surface area contributed by atoms with Crippen LogP contribution in [-0.4, -0.2) is 5.97 Å². The Balaban J connectivity index is 1.53. The molecule has 3 heteroatoms. The topological polar surface area (TPSA) is 26.3 Å². The van der Waals surface area contributed by atoms with Gasteiger partial charge in [0.15, 0.2) is 0 Å². The fraction of sp³-hybridized carbons (Fsp3) is 0.136. The maximum atomic E-state index is 12.2. The molecule has 0 amide bonds. The molecule has 3 aromatic rings. The van der Waals surface area contributed by atoms with Crippen LogP contribution in [-0.2, 0) is 11.5 Å². The van der Waals surface area contributed by atoms with Crippen molar-refractivity contribution in [2.45, 2.75) is 18.4 Å². The molecule has 25 heavy (non-hydrogen) atoms. The molecule has 0 spiro atoms. The molecule has 2 nitrogen and oxygen atoms in total. The maximum absolute atomic E-state index is 12.2. The minimum absolute atomic E-state index is 0.315. The average molecular weight is 348 g/mol. The van der Waals surface area contributed by atoms with Crippen LogP contribution in [0.1, 0.15) is 27.0 Å². The Bertz CT molecular complexity index is 826. The molecule has 0 aromatic heterocycles. The second-order valence-corrected chi connectivity index (χ2v) is 6.81. The number of carbonyl (C=O) groups is 1. The summed E-state index contributed by atoms with van der Waals surface area (Å²) in [5.41, 5.74) is 4.07. The molecule has 0 radical (unpaired) electrons. The van der Waals surface area contributed by atoms with Crippen molar-refractivity contribution in [3.63, 3.8) is 0 Å². The third-order valence-corrected chi connectivity index (χ3v) is 4.95. The van der Waals surface area contributed by atoms with Gasteiger partial charge in [0.25, 0.3) is 0 Å². The molecular formula is C22H20O2S. The summed E-state index contributed by atoms with van der Waals surface area (Å²) in [6, 6.07) is 25.6. The lowest BCUT2D eigenvalue weighted by Crippen LogP contribution is -2.09. The molecule has 0 saturated carbocycles. The van der Waals surface area contributed by atoms with Crippen LogP contribution in [0.5, 0.6) is 5.75 Å². The van der Waals surface area contributed by atoms with E-state index in [0.29, 0.717) is 11.3 Å². The predicted molar refractivity (Wildman–Crippen MR) is 104 cm³/mol. The van der Waals surface area contributed by atoms with E-state index in [1.165, 1.54) is 11.1 Å². The number of esters is 1. The zero-order valence-corrected chi connectivity index (χ0v) is 15.0. The van der Waals surface area contributed by atoms with Gasteiger partial charge in [0.2, 0.25) is 0 Å². The van der Waals surface area contributed by atoms with E-state index in [2.05, 4.69) is 24.3 Å². The monoisotopic (exact) mass is 348 g/mol. The molecule has 0 unspecified atom stereocenters. The lowest BCUT2D eigenvalue weighted by molar-refractivity contribution is 0.0734. The molecule has 0 aliphatic rings. The summed E-state index contributed by atoms with van der Waals surface area (Å²) in [6.07, 6.45) is 0. The van der Waals surface area contributed by atoms with Crippen LogP contribution in [0.3, 0.4) is 0 Å². The van der Waals surface area contributed by atoms with Crippen molar-refractivity contribution < 1.29 is 9.53 Å². The van der Waals surface area contributed by atoms with Gasteiger partial charge in [-0.25, -0.2) is 4.79 Å². The molecule has 0 bridgehead atoms. The molecule has 3 rings (SSSR count). The fourth-order valence-electron chi connectivity index (χ4n) is 2.48. The largest absolute Gasteiger partial charge is 0.423 e. The first-order valence-electron chi connectivity index (χ1n) is 8.21.